The number of phenols is 1. The third-order valence-electron chi connectivity index (χ3n) is 7.49. The Labute approximate surface area is 247 Å². The third kappa shape index (κ3) is 6.02. The van der Waals surface area contributed by atoms with Gasteiger partial charge in [0.15, 0.2) is 0 Å². The summed E-state index contributed by atoms with van der Waals surface area (Å²) in [4.78, 5) is 47.1. The van der Waals surface area contributed by atoms with Gasteiger partial charge in [0.2, 0.25) is 11.8 Å². The SMILES string of the molecule is Cc1ncsc1-c1ccc(CNC(=O)[C@@H]2C[C@@H](O)CN2C(=O)[C@@H](NC(=O)c2cc(O)c3ccoc3c2)C(C)(C)C)cc1. The molecule has 0 unspecified atom stereocenters. The predicted molar refractivity (Wildman–Crippen MR) is 159 cm³/mol. The van der Waals surface area contributed by atoms with E-state index >= 15 is 0 Å². The molecule has 5 rings (SSSR count). The average Bonchev–Trinajstić information content (AvgIpc) is 3.69. The van der Waals surface area contributed by atoms with Gasteiger partial charge in [-0.2, -0.15) is 0 Å². The molecule has 42 heavy (non-hydrogen) atoms. The standard InChI is InChI=1S/C31H34N4O6S/c1-17-26(42-16-33-17)19-7-5-18(6-8-19)14-32-29(39)23-13-21(36)15-35(23)30(40)27(31(2,3)4)34-28(38)20-11-24(37)22-9-10-41-25(22)12-20/h5-12,16,21,23,27,36-37H,13-15H2,1-4H3,(H,32,39)(H,34,38)/t21-,23+,27-/m1/s1. The highest BCUT2D eigenvalue weighted by atomic mass is 32.1. The van der Waals surface area contributed by atoms with E-state index in [9.17, 15) is 24.6 Å². The first-order valence-corrected chi connectivity index (χ1v) is 14.6. The first-order valence-electron chi connectivity index (χ1n) is 13.7. The van der Waals surface area contributed by atoms with Crippen LogP contribution in [0.4, 0.5) is 0 Å². The van der Waals surface area contributed by atoms with E-state index in [0.29, 0.717) is 11.0 Å². The minimum atomic E-state index is -1.01. The fourth-order valence-electron chi connectivity index (χ4n) is 5.18. The zero-order valence-electron chi connectivity index (χ0n) is 23.9. The zero-order valence-corrected chi connectivity index (χ0v) is 24.7. The minimum Gasteiger partial charge on any atom is -0.507 e. The number of β-amino-alcohol motifs (C(OH)–C–C–N with tert-alkyl or cyclic N) is 1. The fraction of sp³-hybridized carbons (Fsp3) is 0.355. The lowest BCUT2D eigenvalue weighted by molar-refractivity contribution is -0.142. The molecule has 3 amide bonds. The lowest BCUT2D eigenvalue weighted by Gasteiger charge is -2.35. The summed E-state index contributed by atoms with van der Waals surface area (Å²) in [6, 6.07) is 10.3. The number of aromatic hydroxyl groups is 1. The molecule has 0 aliphatic carbocycles. The summed E-state index contributed by atoms with van der Waals surface area (Å²) in [7, 11) is 0. The molecule has 0 saturated carbocycles. The van der Waals surface area contributed by atoms with E-state index in [1.165, 1.54) is 23.3 Å². The van der Waals surface area contributed by atoms with E-state index in [-0.39, 0.29) is 36.7 Å². The van der Waals surface area contributed by atoms with Gasteiger partial charge in [0, 0.05) is 25.1 Å². The van der Waals surface area contributed by atoms with E-state index in [2.05, 4.69) is 15.6 Å². The van der Waals surface area contributed by atoms with Crippen LogP contribution in [-0.4, -0.2) is 62.6 Å². The first kappa shape index (κ1) is 29.3. The van der Waals surface area contributed by atoms with Crippen molar-refractivity contribution >= 4 is 40.0 Å². The number of amides is 3. The Bertz CT molecular complexity index is 1620. The van der Waals surface area contributed by atoms with Crippen LogP contribution in [0.25, 0.3) is 21.4 Å². The fourth-order valence-corrected chi connectivity index (χ4v) is 5.99. The number of aryl methyl sites for hydroxylation is 1. The maximum absolute atomic E-state index is 13.9. The quantitative estimate of drug-likeness (QED) is 0.255. The van der Waals surface area contributed by atoms with Gasteiger partial charge in [-0.25, -0.2) is 4.98 Å². The van der Waals surface area contributed by atoms with Crippen LogP contribution in [0.1, 0.15) is 48.8 Å². The molecule has 4 aromatic rings. The Kier molecular flexibility index (Phi) is 8.07. The molecule has 220 valence electrons. The molecule has 0 radical (unpaired) electrons. The number of carbonyl (C=O) groups is 3. The van der Waals surface area contributed by atoms with Crippen LogP contribution < -0.4 is 10.6 Å². The molecule has 4 N–H and O–H groups in total. The van der Waals surface area contributed by atoms with Crippen LogP contribution in [-0.2, 0) is 16.1 Å². The van der Waals surface area contributed by atoms with Crippen molar-refractivity contribution in [2.45, 2.75) is 58.8 Å². The van der Waals surface area contributed by atoms with Crippen LogP contribution in [0.3, 0.4) is 0 Å². The molecule has 3 heterocycles. The van der Waals surface area contributed by atoms with Crippen LogP contribution in [0, 0.1) is 12.3 Å². The summed E-state index contributed by atoms with van der Waals surface area (Å²) in [6.45, 7) is 7.62. The summed E-state index contributed by atoms with van der Waals surface area (Å²) in [5, 5.41) is 26.9. The van der Waals surface area contributed by atoms with Crippen molar-refractivity contribution in [2.75, 3.05) is 6.54 Å². The van der Waals surface area contributed by atoms with Crippen LogP contribution in [0.5, 0.6) is 5.75 Å². The van der Waals surface area contributed by atoms with Crippen molar-refractivity contribution in [3.8, 4) is 16.2 Å². The number of aliphatic hydroxyl groups excluding tert-OH is 1. The van der Waals surface area contributed by atoms with Gasteiger partial charge in [-0.1, -0.05) is 45.0 Å². The minimum absolute atomic E-state index is 0.0264. The molecule has 1 aliphatic heterocycles. The van der Waals surface area contributed by atoms with Gasteiger partial charge in [0.05, 0.1) is 33.8 Å². The molecular formula is C31H34N4O6S. The topological polar surface area (TPSA) is 145 Å². The Hall–Kier alpha value is -4.22. The lowest BCUT2D eigenvalue weighted by atomic mass is 9.85. The van der Waals surface area contributed by atoms with E-state index in [0.717, 1.165) is 21.7 Å². The Morgan fingerprint density at radius 2 is 1.90 bits per heavy atom. The summed E-state index contributed by atoms with van der Waals surface area (Å²) < 4.78 is 5.34. The van der Waals surface area contributed by atoms with Crippen molar-refractivity contribution in [2.24, 2.45) is 5.41 Å². The number of nitrogens with one attached hydrogen (secondary N) is 2. The number of rotatable bonds is 7. The second-order valence-corrected chi connectivity index (χ2v) is 12.5. The number of hydrogen-bond donors (Lipinski definition) is 4. The van der Waals surface area contributed by atoms with Gasteiger partial charge in [0.25, 0.3) is 5.91 Å². The smallest absolute Gasteiger partial charge is 0.252 e. The molecule has 2 aromatic heterocycles. The van der Waals surface area contributed by atoms with Crippen molar-refractivity contribution in [3.63, 3.8) is 0 Å². The summed E-state index contributed by atoms with van der Waals surface area (Å²) in [6.07, 6.45) is 0.631. The van der Waals surface area contributed by atoms with Crippen LogP contribution >= 0.6 is 11.3 Å². The van der Waals surface area contributed by atoms with E-state index in [4.69, 9.17) is 4.42 Å². The number of fused-ring (bicyclic) bond motifs is 1. The molecule has 0 spiro atoms. The zero-order chi connectivity index (χ0) is 30.2. The van der Waals surface area contributed by atoms with Crippen molar-refractivity contribution in [1.82, 2.24) is 20.5 Å². The monoisotopic (exact) mass is 590 g/mol. The highest BCUT2D eigenvalue weighted by Gasteiger charge is 2.44. The van der Waals surface area contributed by atoms with Crippen LogP contribution in [0.2, 0.25) is 0 Å². The number of benzene rings is 2. The summed E-state index contributed by atoms with van der Waals surface area (Å²) in [5.41, 5.74) is 4.46. The molecule has 3 atom stereocenters. The molecular weight excluding hydrogens is 556 g/mol. The number of aliphatic hydroxyl groups is 1. The molecule has 1 fully saturated rings. The predicted octanol–water partition coefficient (Wildman–Crippen LogP) is 3.99. The number of likely N-dealkylation sites (tertiary alicyclic amines) is 1. The van der Waals surface area contributed by atoms with E-state index in [1.807, 2.05) is 57.5 Å². The normalized spacial score (nSPS) is 17.8. The molecule has 2 aromatic carbocycles. The third-order valence-corrected chi connectivity index (χ3v) is 8.47. The molecule has 11 heteroatoms. The number of carbonyl (C=O) groups excluding carboxylic acids is 3. The number of thiazole rings is 1. The van der Waals surface area contributed by atoms with Gasteiger partial charge in [-0.15, -0.1) is 11.3 Å². The second-order valence-electron chi connectivity index (χ2n) is 11.7. The number of phenolic OH excluding ortho intramolecular Hbond substituents is 1. The summed E-state index contributed by atoms with van der Waals surface area (Å²) >= 11 is 1.57. The maximum Gasteiger partial charge on any atom is 0.252 e. The largest absolute Gasteiger partial charge is 0.507 e. The highest BCUT2D eigenvalue weighted by molar-refractivity contribution is 7.13. The second kappa shape index (κ2) is 11.6. The average molecular weight is 591 g/mol. The molecule has 1 saturated heterocycles. The van der Waals surface area contributed by atoms with Crippen LogP contribution in [0.15, 0.2) is 58.7 Å². The summed E-state index contributed by atoms with van der Waals surface area (Å²) in [5.74, 6) is -1.54. The lowest BCUT2D eigenvalue weighted by Crippen LogP contribution is -2.57. The molecule has 10 nitrogen and oxygen atoms in total. The van der Waals surface area contributed by atoms with Crippen molar-refractivity contribution < 1.29 is 29.0 Å². The highest BCUT2D eigenvalue weighted by Crippen LogP contribution is 2.30. The van der Waals surface area contributed by atoms with Crippen molar-refractivity contribution in [3.05, 3.63) is 71.1 Å². The van der Waals surface area contributed by atoms with Gasteiger partial charge >= 0.3 is 0 Å². The number of hydrogen-bond acceptors (Lipinski definition) is 8. The van der Waals surface area contributed by atoms with Gasteiger partial charge in [-0.3, -0.25) is 14.4 Å². The first-order chi connectivity index (χ1) is 19.9. The Morgan fingerprint density at radius 1 is 1.17 bits per heavy atom. The van der Waals surface area contributed by atoms with E-state index in [1.54, 1.807) is 17.4 Å². The number of nitrogens with zero attached hydrogens (tertiary/aromatic N) is 2. The number of furan rings is 1. The van der Waals surface area contributed by atoms with Gasteiger partial charge < -0.3 is 30.2 Å². The van der Waals surface area contributed by atoms with Gasteiger partial charge in [-0.05, 0) is 41.7 Å². The Balaban J connectivity index is 1.28. The van der Waals surface area contributed by atoms with Gasteiger partial charge in [0.1, 0.15) is 23.4 Å². The maximum atomic E-state index is 13.9. The molecule has 1 aliphatic rings. The molecule has 0 bridgehead atoms. The van der Waals surface area contributed by atoms with Crippen molar-refractivity contribution in [1.29, 1.82) is 0 Å². The number of aromatic nitrogens is 1. The Morgan fingerprint density at radius 3 is 2.57 bits per heavy atom. The van der Waals surface area contributed by atoms with E-state index < -0.39 is 35.4 Å².